The Bertz CT molecular complexity index is 856. The van der Waals surface area contributed by atoms with Gasteiger partial charge in [0.2, 0.25) is 5.28 Å². The summed E-state index contributed by atoms with van der Waals surface area (Å²) < 4.78 is 12.6. The van der Waals surface area contributed by atoms with Gasteiger partial charge in [-0.3, -0.25) is 14.8 Å². The minimum absolute atomic E-state index is 0.0127. The van der Waals surface area contributed by atoms with Gasteiger partial charge in [-0.1, -0.05) is 11.6 Å². The molecule has 0 bridgehead atoms. The number of halogens is 2. The molecule has 12 heteroatoms. The van der Waals surface area contributed by atoms with E-state index in [0.717, 1.165) is 6.42 Å². The minimum atomic E-state index is -0.464. The topological polar surface area (TPSA) is 117 Å². The first-order valence-electron chi connectivity index (χ1n) is 8.75. The monoisotopic (exact) mass is 430 g/mol. The number of hydrogen-bond donors (Lipinski definition) is 1. The fourth-order valence-corrected chi connectivity index (χ4v) is 3.23. The molecule has 1 unspecified atom stereocenters. The molecule has 3 rings (SSSR count). The van der Waals surface area contributed by atoms with Crippen molar-refractivity contribution in [3.8, 4) is 5.88 Å². The largest absolute Gasteiger partial charge is 0.472 e. The molecular weight excluding hydrogens is 411 g/mol. The highest BCUT2D eigenvalue weighted by molar-refractivity contribution is 6.33. The summed E-state index contributed by atoms with van der Waals surface area (Å²) in [5.41, 5.74) is 0.349. The average molecular weight is 431 g/mol. The van der Waals surface area contributed by atoms with E-state index < -0.39 is 4.92 Å². The highest BCUT2D eigenvalue weighted by Crippen LogP contribution is 2.33. The van der Waals surface area contributed by atoms with Crippen LogP contribution >= 0.6 is 23.2 Å². The van der Waals surface area contributed by atoms with E-state index in [1.165, 1.54) is 6.20 Å². The smallest absolute Gasteiger partial charge is 0.352 e. The third-order valence-corrected chi connectivity index (χ3v) is 4.87. The molecule has 0 saturated carbocycles. The van der Waals surface area contributed by atoms with Crippen molar-refractivity contribution in [1.29, 1.82) is 0 Å². The highest BCUT2D eigenvalue weighted by atomic mass is 35.5. The fraction of sp³-hybridized carbons (Fsp3) is 0.562. The maximum Gasteiger partial charge on any atom is 0.352 e. The van der Waals surface area contributed by atoms with Crippen LogP contribution in [0.25, 0.3) is 0 Å². The fourth-order valence-electron chi connectivity index (χ4n) is 2.95. The first kappa shape index (κ1) is 20.6. The zero-order chi connectivity index (χ0) is 20.3. The van der Waals surface area contributed by atoms with Crippen LogP contribution in [0.2, 0.25) is 10.3 Å². The molecule has 0 radical (unpaired) electrons. The van der Waals surface area contributed by atoms with Gasteiger partial charge in [-0.2, -0.15) is 4.98 Å². The van der Waals surface area contributed by atoms with Crippen LogP contribution in [-0.2, 0) is 4.74 Å². The van der Waals surface area contributed by atoms with E-state index in [0.29, 0.717) is 36.2 Å². The number of nitrogens with one attached hydrogen (secondary N) is 1. The van der Waals surface area contributed by atoms with Crippen LogP contribution in [0.3, 0.4) is 0 Å². The molecule has 2 aromatic heterocycles. The van der Waals surface area contributed by atoms with Crippen LogP contribution in [-0.4, -0.2) is 50.5 Å². The van der Waals surface area contributed by atoms with Crippen molar-refractivity contribution in [2.24, 2.45) is 0 Å². The number of anilines is 1. The summed E-state index contributed by atoms with van der Waals surface area (Å²) in [6.45, 7) is 4.91. The quantitative estimate of drug-likeness (QED) is 0.384. The van der Waals surface area contributed by atoms with Crippen LogP contribution in [0, 0.1) is 17.0 Å². The molecule has 28 heavy (non-hydrogen) atoms. The predicted octanol–water partition coefficient (Wildman–Crippen LogP) is 3.43. The maximum atomic E-state index is 11.5. The molecule has 0 spiro atoms. The van der Waals surface area contributed by atoms with Crippen LogP contribution in [0.15, 0.2) is 6.20 Å². The van der Waals surface area contributed by atoms with E-state index in [1.807, 2.05) is 6.92 Å². The summed E-state index contributed by atoms with van der Waals surface area (Å²) in [5.74, 6) is 0.436. The van der Waals surface area contributed by atoms with Gasteiger partial charge in [0.25, 0.3) is 0 Å². The van der Waals surface area contributed by atoms with Crippen molar-refractivity contribution in [2.45, 2.75) is 38.8 Å². The molecule has 0 aromatic carbocycles. The number of aromatic nitrogens is 4. The normalized spacial score (nSPS) is 17.5. The highest BCUT2D eigenvalue weighted by Gasteiger charge is 2.31. The Balaban J connectivity index is 1.63. The summed E-state index contributed by atoms with van der Waals surface area (Å²) in [4.78, 5) is 18.8. The van der Waals surface area contributed by atoms with Crippen LogP contribution in [0.5, 0.6) is 5.88 Å². The van der Waals surface area contributed by atoms with Gasteiger partial charge in [-0.05, 0) is 31.9 Å². The molecule has 0 aliphatic carbocycles. The molecular formula is C16H20Cl2N6O4. The zero-order valence-electron chi connectivity index (χ0n) is 15.4. The standard InChI is InChI=1S/C16H20Cl2N6O4/c1-9(20-14-12(17)7-19-16(18)21-14)3-6-28-15-13(24(25)26)10(2)23(22-15)11-4-5-27-8-11/h7,9,11H,3-6,8H2,1-2H3,(H,19,20,21)/t9?,11-/m1/s1. The van der Waals surface area contributed by atoms with E-state index in [2.05, 4.69) is 20.4 Å². The van der Waals surface area contributed by atoms with Crippen molar-refractivity contribution in [1.82, 2.24) is 19.7 Å². The van der Waals surface area contributed by atoms with E-state index >= 15 is 0 Å². The summed E-state index contributed by atoms with van der Waals surface area (Å²) in [6, 6.07) is -0.0877. The molecule has 1 fully saturated rings. The predicted molar refractivity (Wildman–Crippen MR) is 103 cm³/mol. The number of nitrogens with zero attached hydrogens (tertiary/aromatic N) is 5. The molecule has 1 aliphatic rings. The zero-order valence-corrected chi connectivity index (χ0v) is 16.9. The Labute approximate surface area is 171 Å². The van der Waals surface area contributed by atoms with Gasteiger partial charge in [0.15, 0.2) is 0 Å². The lowest BCUT2D eigenvalue weighted by Gasteiger charge is -2.15. The lowest BCUT2D eigenvalue weighted by Crippen LogP contribution is -2.20. The molecule has 3 heterocycles. The maximum absolute atomic E-state index is 11.5. The Morgan fingerprint density at radius 3 is 3.00 bits per heavy atom. The molecule has 152 valence electrons. The van der Waals surface area contributed by atoms with Gasteiger partial charge < -0.3 is 14.8 Å². The molecule has 2 atom stereocenters. The second kappa shape index (κ2) is 8.89. The van der Waals surface area contributed by atoms with Crippen molar-refractivity contribution in [3.05, 3.63) is 32.3 Å². The molecule has 1 N–H and O–H groups in total. The number of hydrogen-bond acceptors (Lipinski definition) is 8. The number of nitro groups is 1. The van der Waals surface area contributed by atoms with E-state index in [9.17, 15) is 10.1 Å². The van der Waals surface area contributed by atoms with Crippen molar-refractivity contribution in [3.63, 3.8) is 0 Å². The van der Waals surface area contributed by atoms with Crippen LogP contribution < -0.4 is 10.1 Å². The van der Waals surface area contributed by atoms with Gasteiger partial charge in [0.1, 0.15) is 16.5 Å². The van der Waals surface area contributed by atoms with Gasteiger partial charge in [-0.25, -0.2) is 4.98 Å². The van der Waals surface area contributed by atoms with E-state index in [-0.39, 0.29) is 35.5 Å². The molecule has 1 aliphatic heterocycles. The second-order valence-corrected chi connectivity index (χ2v) is 7.22. The van der Waals surface area contributed by atoms with E-state index in [1.54, 1.807) is 11.6 Å². The summed E-state index contributed by atoms with van der Waals surface area (Å²) in [7, 11) is 0. The Morgan fingerprint density at radius 1 is 1.54 bits per heavy atom. The third kappa shape index (κ3) is 4.62. The lowest BCUT2D eigenvalue weighted by molar-refractivity contribution is -0.386. The van der Waals surface area contributed by atoms with Gasteiger partial charge in [0.05, 0.1) is 30.4 Å². The molecule has 0 amide bonds. The summed E-state index contributed by atoms with van der Waals surface area (Å²) in [5, 5.41) is 19.3. The van der Waals surface area contributed by atoms with Crippen molar-refractivity contribution in [2.75, 3.05) is 25.1 Å². The van der Waals surface area contributed by atoms with Crippen molar-refractivity contribution >= 4 is 34.7 Å². The van der Waals surface area contributed by atoms with Crippen LogP contribution in [0.4, 0.5) is 11.5 Å². The van der Waals surface area contributed by atoms with Crippen LogP contribution in [0.1, 0.15) is 31.5 Å². The summed E-state index contributed by atoms with van der Waals surface area (Å²) in [6.07, 6.45) is 2.71. The second-order valence-electron chi connectivity index (χ2n) is 6.48. The third-order valence-electron chi connectivity index (χ3n) is 4.41. The first-order chi connectivity index (χ1) is 13.4. The SMILES string of the molecule is Cc1c([N+](=O)[O-])c(OCCC(C)Nc2nc(Cl)ncc2Cl)nn1[C@@H]1CCOC1. The average Bonchev–Trinajstić information content (AvgIpc) is 3.26. The molecule has 10 nitrogen and oxygen atoms in total. The number of rotatable bonds is 8. The van der Waals surface area contributed by atoms with Gasteiger partial charge in [0, 0.05) is 19.1 Å². The Kier molecular flexibility index (Phi) is 6.53. The minimum Gasteiger partial charge on any atom is -0.472 e. The Hall–Kier alpha value is -2.17. The molecule has 2 aromatic rings. The Morgan fingerprint density at radius 2 is 2.32 bits per heavy atom. The number of ether oxygens (including phenoxy) is 2. The van der Waals surface area contributed by atoms with Gasteiger partial charge in [-0.15, -0.1) is 5.10 Å². The van der Waals surface area contributed by atoms with E-state index in [4.69, 9.17) is 32.7 Å². The lowest BCUT2D eigenvalue weighted by atomic mass is 10.2. The first-order valence-corrected chi connectivity index (χ1v) is 9.51. The van der Waals surface area contributed by atoms with Crippen molar-refractivity contribution < 1.29 is 14.4 Å². The van der Waals surface area contributed by atoms with Gasteiger partial charge >= 0.3 is 11.6 Å². The summed E-state index contributed by atoms with van der Waals surface area (Å²) >= 11 is 11.8. The molecule has 1 saturated heterocycles.